The molecule has 0 unspecified atom stereocenters. The Bertz CT molecular complexity index is 565. The first-order valence-corrected chi connectivity index (χ1v) is 7.22. The van der Waals surface area contributed by atoms with Crippen molar-refractivity contribution in [1.29, 1.82) is 0 Å². The molecular formula is C16H22N4O. The number of aromatic nitrogens is 2. The molecule has 5 heteroatoms. The van der Waals surface area contributed by atoms with Crippen LogP contribution in [0.3, 0.4) is 0 Å². The third-order valence-corrected chi connectivity index (χ3v) is 3.44. The van der Waals surface area contributed by atoms with Gasteiger partial charge in [0, 0.05) is 19.8 Å². The van der Waals surface area contributed by atoms with Crippen LogP contribution < -0.4 is 5.73 Å². The fourth-order valence-electron chi connectivity index (χ4n) is 2.17. The Morgan fingerprint density at radius 3 is 2.67 bits per heavy atom. The minimum absolute atomic E-state index is 0.0535. The predicted molar refractivity (Wildman–Crippen MR) is 83.7 cm³/mol. The Hall–Kier alpha value is -2.30. The summed E-state index contributed by atoms with van der Waals surface area (Å²) in [6.07, 6.45) is 4.85. The second-order valence-electron chi connectivity index (χ2n) is 5.20. The van der Waals surface area contributed by atoms with Gasteiger partial charge in [-0.3, -0.25) is 9.48 Å². The van der Waals surface area contributed by atoms with Gasteiger partial charge in [-0.25, -0.2) is 0 Å². The number of carbonyl (C=O) groups is 1. The zero-order chi connectivity index (χ0) is 15.1. The molecule has 0 saturated heterocycles. The number of unbranched alkanes of at least 4 members (excludes halogenated alkanes) is 1. The standard InChI is InChI=1S/C16H22N4O/c1-19(16(21)13-20-12-10-15(17)18-20)11-6-5-9-14-7-3-2-4-8-14/h2-4,7-8,10,12H,5-6,9,11,13H2,1H3,(H2,17,18). The van der Waals surface area contributed by atoms with Crippen molar-refractivity contribution in [2.45, 2.75) is 25.8 Å². The molecule has 5 nitrogen and oxygen atoms in total. The van der Waals surface area contributed by atoms with E-state index in [0.29, 0.717) is 5.82 Å². The van der Waals surface area contributed by atoms with E-state index in [9.17, 15) is 4.79 Å². The molecule has 0 bridgehead atoms. The smallest absolute Gasteiger partial charge is 0.244 e. The maximum absolute atomic E-state index is 12.0. The summed E-state index contributed by atoms with van der Waals surface area (Å²) in [4.78, 5) is 13.8. The van der Waals surface area contributed by atoms with E-state index in [0.717, 1.165) is 25.8 Å². The van der Waals surface area contributed by atoms with Crippen molar-refractivity contribution < 1.29 is 4.79 Å². The lowest BCUT2D eigenvalue weighted by Gasteiger charge is -2.17. The Labute approximate surface area is 125 Å². The predicted octanol–water partition coefficient (Wildman–Crippen LogP) is 1.95. The van der Waals surface area contributed by atoms with E-state index in [-0.39, 0.29) is 12.5 Å². The van der Waals surface area contributed by atoms with Crippen molar-refractivity contribution in [1.82, 2.24) is 14.7 Å². The highest BCUT2D eigenvalue weighted by Crippen LogP contribution is 2.05. The molecule has 2 N–H and O–H groups in total. The lowest BCUT2D eigenvalue weighted by atomic mass is 10.1. The van der Waals surface area contributed by atoms with Crippen LogP contribution in [-0.4, -0.2) is 34.2 Å². The van der Waals surface area contributed by atoms with Gasteiger partial charge in [-0.2, -0.15) is 5.10 Å². The summed E-state index contributed by atoms with van der Waals surface area (Å²) in [5.74, 6) is 0.492. The number of benzene rings is 1. The zero-order valence-electron chi connectivity index (χ0n) is 12.4. The molecule has 0 saturated carbocycles. The molecule has 1 aromatic heterocycles. The lowest BCUT2D eigenvalue weighted by molar-refractivity contribution is -0.130. The van der Waals surface area contributed by atoms with E-state index in [4.69, 9.17) is 5.73 Å². The van der Waals surface area contributed by atoms with Gasteiger partial charge in [-0.15, -0.1) is 0 Å². The molecular weight excluding hydrogens is 264 g/mol. The van der Waals surface area contributed by atoms with Crippen LogP contribution in [0.4, 0.5) is 5.82 Å². The summed E-state index contributed by atoms with van der Waals surface area (Å²) in [6.45, 7) is 1.01. The van der Waals surface area contributed by atoms with Gasteiger partial charge >= 0.3 is 0 Å². The van der Waals surface area contributed by atoms with Crippen LogP contribution in [0.5, 0.6) is 0 Å². The molecule has 0 fully saturated rings. The van der Waals surface area contributed by atoms with Gasteiger partial charge < -0.3 is 10.6 Å². The number of anilines is 1. The van der Waals surface area contributed by atoms with E-state index >= 15 is 0 Å². The molecule has 0 spiro atoms. The summed E-state index contributed by atoms with van der Waals surface area (Å²) in [5, 5.41) is 4.02. The van der Waals surface area contributed by atoms with Gasteiger partial charge in [0.25, 0.3) is 0 Å². The SMILES string of the molecule is CN(CCCCc1ccccc1)C(=O)Cn1ccc(N)n1. The van der Waals surface area contributed by atoms with E-state index in [1.54, 1.807) is 21.8 Å². The zero-order valence-corrected chi connectivity index (χ0v) is 12.4. The van der Waals surface area contributed by atoms with Crippen molar-refractivity contribution in [2.24, 2.45) is 0 Å². The van der Waals surface area contributed by atoms with Crippen LogP contribution in [-0.2, 0) is 17.8 Å². The second kappa shape index (κ2) is 7.47. The Morgan fingerprint density at radius 2 is 2.00 bits per heavy atom. The van der Waals surface area contributed by atoms with Gasteiger partial charge in [-0.05, 0) is 30.9 Å². The van der Waals surface area contributed by atoms with Gasteiger partial charge in [0.05, 0.1) is 0 Å². The maximum atomic E-state index is 12.0. The van der Waals surface area contributed by atoms with Crippen molar-refractivity contribution >= 4 is 11.7 Å². The van der Waals surface area contributed by atoms with Gasteiger partial charge in [0.2, 0.25) is 5.91 Å². The number of hydrogen-bond donors (Lipinski definition) is 1. The van der Waals surface area contributed by atoms with Crippen LogP contribution in [0.25, 0.3) is 0 Å². The molecule has 0 aliphatic carbocycles. The summed E-state index contributed by atoms with van der Waals surface area (Å²) in [5.41, 5.74) is 6.87. The number of hydrogen-bond acceptors (Lipinski definition) is 3. The maximum Gasteiger partial charge on any atom is 0.244 e. The normalized spacial score (nSPS) is 10.5. The highest BCUT2D eigenvalue weighted by molar-refractivity contribution is 5.75. The fraction of sp³-hybridized carbons (Fsp3) is 0.375. The topological polar surface area (TPSA) is 64.2 Å². The van der Waals surface area contributed by atoms with Crippen molar-refractivity contribution in [3.05, 3.63) is 48.2 Å². The summed E-state index contributed by atoms with van der Waals surface area (Å²) in [6, 6.07) is 12.1. The minimum atomic E-state index is 0.0535. The summed E-state index contributed by atoms with van der Waals surface area (Å²) in [7, 11) is 1.83. The Morgan fingerprint density at radius 1 is 1.24 bits per heavy atom. The van der Waals surface area contributed by atoms with Crippen LogP contribution in [0.15, 0.2) is 42.6 Å². The van der Waals surface area contributed by atoms with E-state index in [2.05, 4.69) is 29.4 Å². The molecule has 21 heavy (non-hydrogen) atoms. The number of amides is 1. The van der Waals surface area contributed by atoms with Crippen LogP contribution in [0.1, 0.15) is 18.4 Å². The quantitative estimate of drug-likeness (QED) is 0.791. The van der Waals surface area contributed by atoms with Crippen LogP contribution >= 0.6 is 0 Å². The first-order chi connectivity index (χ1) is 10.1. The monoisotopic (exact) mass is 286 g/mol. The molecule has 1 amide bonds. The molecule has 2 aromatic rings. The number of rotatable bonds is 7. The van der Waals surface area contributed by atoms with Crippen LogP contribution in [0.2, 0.25) is 0 Å². The first-order valence-electron chi connectivity index (χ1n) is 7.22. The molecule has 1 aromatic carbocycles. The van der Waals surface area contributed by atoms with Gasteiger partial charge in [0.1, 0.15) is 12.4 Å². The number of nitrogen functional groups attached to an aromatic ring is 1. The number of aryl methyl sites for hydroxylation is 1. The Kier molecular flexibility index (Phi) is 5.37. The lowest BCUT2D eigenvalue weighted by Crippen LogP contribution is -2.31. The average molecular weight is 286 g/mol. The van der Waals surface area contributed by atoms with E-state index in [1.165, 1.54) is 5.56 Å². The molecule has 2 rings (SSSR count). The number of carbonyl (C=O) groups excluding carboxylic acids is 1. The molecule has 0 aliphatic heterocycles. The van der Waals surface area contributed by atoms with Crippen molar-refractivity contribution in [3.8, 4) is 0 Å². The van der Waals surface area contributed by atoms with E-state index in [1.807, 2.05) is 13.1 Å². The van der Waals surface area contributed by atoms with Gasteiger partial charge in [-0.1, -0.05) is 30.3 Å². The number of likely N-dealkylation sites (N-methyl/N-ethyl adjacent to an activating group) is 1. The molecule has 0 radical (unpaired) electrons. The fourth-order valence-corrected chi connectivity index (χ4v) is 2.17. The second-order valence-corrected chi connectivity index (χ2v) is 5.20. The van der Waals surface area contributed by atoms with Crippen molar-refractivity contribution in [3.63, 3.8) is 0 Å². The minimum Gasteiger partial charge on any atom is -0.382 e. The number of nitrogens with zero attached hydrogens (tertiary/aromatic N) is 3. The first kappa shape index (κ1) is 15.1. The third kappa shape index (κ3) is 4.95. The van der Waals surface area contributed by atoms with Crippen LogP contribution in [0, 0.1) is 0 Å². The highest BCUT2D eigenvalue weighted by atomic mass is 16.2. The summed E-state index contributed by atoms with van der Waals surface area (Å²) >= 11 is 0. The van der Waals surface area contributed by atoms with Crippen molar-refractivity contribution in [2.75, 3.05) is 19.3 Å². The third-order valence-electron chi connectivity index (χ3n) is 3.44. The number of nitrogens with two attached hydrogens (primary N) is 1. The largest absolute Gasteiger partial charge is 0.382 e. The molecule has 112 valence electrons. The van der Waals surface area contributed by atoms with E-state index < -0.39 is 0 Å². The molecule has 1 heterocycles. The van der Waals surface area contributed by atoms with Gasteiger partial charge in [0.15, 0.2) is 0 Å². The Balaban J connectivity index is 1.67. The highest BCUT2D eigenvalue weighted by Gasteiger charge is 2.09. The summed E-state index contributed by atoms with van der Waals surface area (Å²) < 4.78 is 1.57. The molecule has 0 atom stereocenters. The average Bonchev–Trinajstić information content (AvgIpc) is 2.89. The molecule has 0 aliphatic rings.